The van der Waals surface area contributed by atoms with E-state index in [-0.39, 0.29) is 0 Å². The average molecular weight is 203 g/mol. The van der Waals surface area contributed by atoms with Gasteiger partial charge in [0.15, 0.2) is 0 Å². The normalized spacial score (nSPS) is 29.5. The van der Waals surface area contributed by atoms with Gasteiger partial charge in [-0.3, -0.25) is 4.90 Å². The molecule has 3 heteroatoms. The van der Waals surface area contributed by atoms with Crippen LogP contribution in [0.5, 0.6) is 0 Å². The highest BCUT2D eigenvalue weighted by molar-refractivity contribution is 5.54. The van der Waals surface area contributed by atoms with E-state index < -0.39 is 0 Å². The Kier molecular flexibility index (Phi) is 2.06. The van der Waals surface area contributed by atoms with Crippen molar-refractivity contribution < 1.29 is 0 Å². The number of benzene rings is 1. The fourth-order valence-corrected chi connectivity index (χ4v) is 2.71. The fraction of sp³-hybridized carbons (Fsp3) is 0.500. The standard InChI is InChI=1S/C12H17N3/c13-10-1-3-11(4-2-10)15-8-7-14-6-5-12(15)9-14/h1-4,12H,5-9,13H2/t12-/m0/s1. The van der Waals surface area contributed by atoms with Crippen LogP contribution < -0.4 is 10.6 Å². The Morgan fingerprint density at radius 3 is 2.67 bits per heavy atom. The summed E-state index contributed by atoms with van der Waals surface area (Å²) in [5, 5.41) is 0. The first-order valence-corrected chi connectivity index (χ1v) is 5.67. The highest BCUT2D eigenvalue weighted by Crippen LogP contribution is 2.27. The maximum absolute atomic E-state index is 5.70. The van der Waals surface area contributed by atoms with Crippen molar-refractivity contribution in [1.29, 1.82) is 0 Å². The first kappa shape index (κ1) is 9.04. The number of fused-ring (bicyclic) bond motifs is 2. The zero-order valence-corrected chi connectivity index (χ0v) is 8.89. The zero-order valence-electron chi connectivity index (χ0n) is 8.89. The van der Waals surface area contributed by atoms with Gasteiger partial charge in [-0.1, -0.05) is 0 Å². The maximum Gasteiger partial charge on any atom is 0.0429 e. The first-order valence-electron chi connectivity index (χ1n) is 5.67. The van der Waals surface area contributed by atoms with Gasteiger partial charge in [-0.15, -0.1) is 0 Å². The van der Waals surface area contributed by atoms with Crippen LogP contribution in [-0.2, 0) is 0 Å². The lowest BCUT2D eigenvalue weighted by Gasteiger charge is -2.36. The molecule has 0 amide bonds. The van der Waals surface area contributed by atoms with Crippen molar-refractivity contribution in [3.63, 3.8) is 0 Å². The highest BCUT2D eigenvalue weighted by Gasteiger charge is 2.32. The molecule has 2 bridgehead atoms. The van der Waals surface area contributed by atoms with E-state index in [2.05, 4.69) is 21.9 Å². The fourth-order valence-electron chi connectivity index (χ4n) is 2.71. The van der Waals surface area contributed by atoms with Crippen molar-refractivity contribution in [2.24, 2.45) is 0 Å². The summed E-state index contributed by atoms with van der Waals surface area (Å²) in [5.74, 6) is 0. The molecule has 0 spiro atoms. The molecule has 0 saturated carbocycles. The van der Waals surface area contributed by atoms with Crippen molar-refractivity contribution in [1.82, 2.24) is 4.90 Å². The number of rotatable bonds is 1. The third-order valence-corrected chi connectivity index (χ3v) is 3.57. The number of nitrogens with zero attached hydrogens (tertiary/aromatic N) is 2. The minimum absolute atomic E-state index is 0.724. The summed E-state index contributed by atoms with van der Waals surface area (Å²) in [4.78, 5) is 5.08. The summed E-state index contributed by atoms with van der Waals surface area (Å²) >= 11 is 0. The Morgan fingerprint density at radius 2 is 1.87 bits per heavy atom. The molecule has 2 aliphatic rings. The predicted molar refractivity (Wildman–Crippen MR) is 63.0 cm³/mol. The molecule has 2 atom stereocenters. The Balaban J connectivity index is 1.84. The molecule has 80 valence electrons. The highest BCUT2D eigenvalue weighted by atomic mass is 15.3. The van der Waals surface area contributed by atoms with Crippen LogP contribution in [0, 0.1) is 0 Å². The van der Waals surface area contributed by atoms with Crippen LogP contribution in [0.2, 0.25) is 0 Å². The van der Waals surface area contributed by atoms with Crippen LogP contribution in [0.3, 0.4) is 0 Å². The van der Waals surface area contributed by atoms with Crippen molar-refractivity contribution in [3.8, 4) is 0 Å². The molecule has 0 aromatic heterocycles. The average Bonchev–Trinajstić information content (AvgIpc) is 2.63. The van der Waals surface area contributed by atoms with Gasteiger partial charge in [0.1, 0.15) is 0 Å². The molecule has 1 aromatic rings. The van der Waals surface area contributed by atoms with Gasteiger partial charge < -0.3 is 10.6 Å². The molecular weight excluding hydrogens is 186 g/mol. The largest absolute Gasteiger partial charge is 0.399 e. The lowest BCUT2D eigenvalue weighted by molar-refractivity contribution is 0.311. The van der Waals surface area contributed by atoms with E-state index in [1.807, 2.05) is 12.1 Å². The summed E-state index contributed by atoms with van der Waals surface area (Å²) < 4.78 is 0. The summed E-state index contributed by atoms with van der Waals surface area (Å²) in [5.41, 5.74) is 7.88. The van der Waals surface area contributed by atoms with Gasteiger partial charge in [0.05, 0.1) is 0 Å². The number of piperazine rings is 1. The number of nitrogen functional groups attached to an aromatic ring is 1. The van der Waals surface area contributed by atoms with Gasteiger partial charge in [0.25, 0.3) is 0 Å². The van der Waals surface area contributed by atoms with Crippen molar-refractivity contribution >= 4 is 11.4 Å². The molecule has 2 aliphatic heterocycles. The lowest BCUT2D eigenvalue weighted by atomic mass is 10.1. The third-order valence-electron chi connectivity index (χ3n) is 3.57. The topological polar surface area (TPSA) is 32.5 Å². The Labute approximate surface area is 90.5 Å². The van der Waals surface area contributed by atoms with E-state index in [1.54, 1.807) is 0 Å². The SMILES string of the molecule is Nc1ccc(N2CCN3CC[C@H]2C3)cc1. The number of anilines is 2. The van der Waals surface area contributed by atoms with Gasteiger partial charge in [-0.05, 0) is 30.7 Å². The van der Waals surface area contributed by atoms with Crippen LogP contribution in [0.15, 0.2) is 24.3 Å². The maximum atomic E-state index is 5.70. The van der Waals surface area contributed by atoms with Crippen LogP contribution in [-0.4, -0.2) is 37.1 Å². The Hall–Kier alpha value is -1.22. The van der Waals surface area contributed by atoms with E-state index in [1.165, 1.54) is 31.7 Å². The number of hydrogen-bond donors (Lipinski definition) is 1. The molecule has 3 rings (SSSR count). The summed E-state index contributed by atoms with van der Waals surface area (Å²) in [6.45, 7) is 4.88. The third kappa shape index (κ3) is 1.57. The second-order valence-corrected chi connectivity index (χ2v) is 4.53. The smallest absolute Gasteiger partial charge is 0.0429 e. The molecule has 15 heavy (non-hydrogen) atoms. The lowest BCUT2D eigenvalue weighted by Crippen LogP contribution is -2.46. The molecule has 2 saturated heterocycles. The molecule has 0 aliphatic carbocycles. The first-order chi connectivity index (χ1) is 7.33. The molecule has 0 radical (unpaired) electrons. The van der Waals surface area contributed by atoms with E-state index in [4.69, 9.17) is 5.73 Å². The molecule has 1 aromatic carbocycles. The minimum Gasteiger partial charge on any atom is -0.399 e. The summed E-state index contributed by atoms with van der Waals surface area (Å²) in [6.07, 6.45) is 1.31. The monoisotopic (exact) mass is 203 g/mol. The summed E-state index contributed by atoms with van der Waals surface area (Å²) in [7, 11) is 0. The van der Waals surface area contributed by atoms with Crippen LogP contribution in [0.4, 0.5) is 11.4 Å². The second-order valence-electron chi connectivity index (χ2n) is 4.53. The van der Waals surface area contributed by atoms with Crippen molar-refractivity contribution in [2.75, 3.05) is 36.8 Å². The molecule has 2 N–H and O–H groups in total. The van der Waals surface area contributed by atoms with Gasteiger partial charge >= 0.3 is 0 Å². The number of hydrogen-bond acceptors (Lipinski definition) is 3. The van der Waals surface area contributed by atoms with Gasteiger partial charge in [0.2, 0.25) is 0 Å². The van der Waals surface area contributed by atoms with Crippen molar-refractivity contribution in [2.45, 2.75) is 12.5 Å². The molecule has 2 heterocycles. The molecule has 2 fully saturated rings. The van der Waals surface area contributed by atoms with E-state index in [0.717, 1.165) is 18.3 Å². The molecular formula is C12H17N3. The molecule has 1 unspecified atom stereocenters. The van der Waals surface area contributed by atoms with E-state index >= 15 is 0 Å². The number of nitrogens with two attached hydrogens (primary N) is 1. The van der Waals surface area contributed by atoms with Crippen molar-refractivity contribution in [3.05, 3.63) is 24.3 Å². The Bertz CT molecular complexity index is 346. The predicted octanol–water partition coefficient (Wildman–Crippen LogP) is 1.16. The van der Waals surface area contributed by atoms with E-state index in [0.29, 0.717) is 0 Å². The van der Waals surface area contributed by atoms with Crippen LogP contribution in [0.1, 0.15) is 6.42 Å². The quantitative estimate of drug-likeness (QED) is 0.695. The van der Waals surface area contributed by atoms with Gasteiger partial charge in [-0.25, -0.2) is 0 Å². The zero-order chi connectivity index (χ0) is 10.3. The Morgan fingerprint density at radius 1 is 1.07 bits per heavy atom. The van der Waals surface area contributed by atoms with E-state index in [9.17, 15) is 0 Å². The van der Waals surface area contributed by atoms with Crippen LogP contribution >= 0.6 is 0 Å². The van der Waals surface area contributed by atoms with Gasteiger partial charge in [-0.2, -0.15) is 0 Å². The molecule has 3 nitrogen and oxygen atoms in total. The summed E-state index contributed by atoms with van der Waals surface area (Å²) in [6, 6.07) is 9.00. The van der Waals surface area contributed by atoms with Gasteiger partial charge in [0, 0.05) is 43.6 Å². The van der Waals surface area contributed by atoms with Crippen LogP contribution in [0.25, 0.3) is 0 Å². The second kappa shape index (κ2) is 3.42. The minimum atomic E-state index is 0.724.